The number of benzene rings is 1. The number of H-pyrrole nitrogens is 1. The topological polar surface area (TPSA) is 66.7 Å². The smallest absolute Gasteiger partial charge is 0.122 e. The first-order valence-electron chi connectivity index (χ1n) is 5.64. The number of nitrogens with zero attached hydrogens (tertiary/aromatic N) is 2. The fraction of sp³-hybridized carbons (Fsp3) is 0.0769. The zero-order valence-electron chi connectivity index (χ0n) is 9.63. The molecule has 5 nitrogen and oxygen atoms in total. The third kappa shape index (κ3) is 2.24. The third-order valence-electron chi connectivity index (χ3n) is 2.62. The van der Waals surface area contributed by atoms with E-state index in [1.165, 1.54) is 0 Å². The fourth-order valence-corrected chi connectivity index (χ4v) is 1.73. The molecule has 0 unspecified atom stereocenters. The quantitative estimate of drug-likeness (QED) is 0.735. The highest BCUT2D eigenvalue weighted by molar-refractivity contribution is 5.64. The molecule has 18 heavy (non-hydrogen) atoms. The first-order valence-corrected chi connectivity index (χ1v) is 5.64. The number of aromatic amines is 1. The van der Waals surface area contributed by atoms with Gasteiger partial charge in [0, 0.05) is 11.3 Å². The molecule has 0 bridgehead atoms. The number of anilines is 1. The van der Waals surface area contributed by atoms with Gasteiger partial charge in [0.05, 0.1) is 19.0 Å². The minimum atomic E-state index is 0.662. The number of rotatable bonds is 4. The van der Waals surface area contributed by atoms with Crippen LogP contribution < -0.4 is 5.32 Å². The maximum absolute atomic E-state index is 5.27. The lowest BCUT2D eigenvalue weighted by molar-refractivity contribution is 0.518. The zero-order valence-corrected chi connectivity index (χ0v) is 9.63. The summed E-state index contributed by atoms with van der Waals surface area (Å²) < 4.78 is 5.27. The number of nitrogens with one attached hydrogen (secondary N) is 2. The summed E-state index contributed by atoms with van der Waals surface area (Å²) in [5.74, 6) is 0.904. The molecule has 3 rings (SSSR count). The minimum absolute atomic E-state index is 0.662. The van der Waals surface area contributed by atoms with Crippen molar-refractivity contribution < 1.29 is 4.42 Å². The van der Waals surface area contributed by atoms with Gasteiger partial charge >= 0.3 is 0 Å². The standard InChI is InChI=1S/C13H12N4O/c1-3-10(13-9-15-17-16-13)7-11(4-1)14-8-12-5-2-6-18-12/h1-7,9,14H,8H2,(H,15,16,17). The molecule has 0 aliphatic heterocycles. The van der Waals surface area contributed by atoms with Crippen molar-refractivity contribution >= 4 is 5.69 Å². The van der Waals surface area contributed by atoms with Gasteiger partial charge in [-0.25, -0.2) is 0 Å². The van der Waals surface area contributed by atoms with Gasteiger partial charge in [-0.15, -0.1) is 0 Å². The van der Waals surface area contributed by atoms with Crippen LogP contribution in [-0.4, -0.2) is 15.4 Å². The summed E-state index contributed by atoms with van der Waals surface area (Å²) in [4.78, 5) is 0. The molecule has 90 valence electrons. The van der Waals surface area contributed by atoms with Crippen LogP contribution in [0.2, 0.25) is 0 Å². The van der Waals surface area contributed by atoms with Crippen LogP contribution in [0.15, 0.2) is 53.3 Å². The number of furan rings is 1. The van der Waals surface area contributed by atoms with Crippen molar-refractivity contribution in [2.24, 2.45) is 0 Å². The van der Waals surface area contributed by atoms with Crippen molar-refractivity contribution in [3.05, 3.63) is 54.6 Å². The molecular weight excluding hydrogens is 228 g/mol. The van der Waals surface area contributed by atoms with Crippen LogP contribution in [-0.2, 0) is 6.54 Å². The molecule has 0 saturated heterocycles. The van der Waals surface area contributed by atoms with E-state index >= 15 is 0 Å². The second kappa shape index (κ2) is 4.75. The van der Waals surface area contributed by atoms with Crippen LogP contribution in [0.1, 0.15) is 5.76 Å². The Kier molecular flexibility index (Phi) is 2.79. The predicted octanol–water partition coefficient (Wildman–Crippen LogP) is 2.68. The first kappa shape index (κ1) is 10.6. The van der Waals surface area contributed by atoms with Crippen LogP contribution in [0.4, 0.5) is 5.69 Å². The Hall–Kier alpha value is -2.56. The van der Waals surface area contributed by atoms with Gasteiger partial charge in [0.1, 0.15) is 11.5 Å². The van der Waals surface area contributed by atoms with Gasteiger partial charge < -0.3 is 9.73 Å². The molecule has 0 aliphatic carbocycles. The van der Waals surface area contributed by atoms with E-state index in [1.54, 1.807) is 12.5 Å². The second-order valence-electron chi connectivity index (χ2n) is 3.87. The average molecular weight is 240 g/mol. The SMILES string of the molecule is c1cc(NCc2ccco2)cc(-c2cn[nH]n2)c1. The van der Waals surface area contributed by atoms with Gasteiger partial charge in [-0.1, -0.05) is 12.1 Å². The monoisotopic (exact) mass is 240 g/mol. The highest BCUT2D eigenvalue weighted by Crippen LogP contribution is 2.20. The lowest BCUT2D eigenvalue weighted by atomic mass is 10.1. The van der Waals surface area contributed by atoms with E-state index < -0.39 is 0 Å². The highest BCUT2D eigenvalue weighted by Gasteiger charge is 2.02. The molecule has 2 N–H and O–H groups in total. The fourth-order valence-electron chi connectivity index (χ4n) is 1.73. The van der Waals surface area contributed by atoms with Crippen molar-refractivity contribution in [2.45, 2.75) is 6.54 Å². The van der Waals surface area contributed by atoms with Crippen LogP contribution in [0.25, 0.3) is 11.3 Å². The number of hydrogen-bond donors (Lipinski definition) is 2. The zero-order chi connectivity index (χ0) is 12.2. The molecule has 0 amide bonds. The lowest BCUT2D eigenvalue weighted by Gasteiger charge is -2.05. The Bertz CT molecular complexity index is 602. The van der Waals surface area contributed by atoms with Crippen molar-refractivity contribution in [3.63, 3.8) is 0 Å². The molecule has 0 fully saturated rings. The normalized spacial score (nSPS) is 10.4. The van der Waals surface area contributed by atoms with Crippen LogP contribution in [0.3, 0.4) is 0 Å². The van der Waals surface area contributed by atoms with Crippen LogP contribution in [0, 0.1) is 0 Å². The summed E-state index contributed by atoms with van der Waals surface area (Å²) in [6.07, 6.45) is 3.37. The molecule has 0 radical (unpaired) electrons. The van der Waals surface area contributed by atoms with Crippen molar-refractivity contribution in [1.29, 1.82) is 0 Å². The summed E-state index contributed by atoms with van der Waals surface area (Å²) >= 11 is 0. The molecule has 1 aromatic carbocycles. The van der Waals surface area contributed by atoms with Crippen molar-refractivity contribution in [3.8, 4) is 11.3 Å². The minimum Gasteiger partial charge on any atom is -0.467 e. The molecular formula is C13H12N4O. The maximum atomic E-state index is 5.27. The lowest BCUT2D eigenvalue weighted by Crippen LogP contribution is -1.97. The van der Waals surface area contributed by atoms with Gasteiger partial charge in [0.15, 0.2) is 0 Å². The summed E-state index contributed by atoms with van der Waals surface area (Å²) in [5.41, 5.74) is 2.87. The second-order valence-corrected chi connectivity index (χ2v) is 3.87. The van der Waals surface area contributed by atoms with E-state index in [-0.39, 0.29) is 0 Å². The average Bonchev–Trinajstić information content (AvgIpc) is 3.10. The summed E-state index contributed by atoms with van der Waals surface area (Å²) in [6.45, 7) is 0.662. The van der Waals surface area contributed by atoms with Gasteiger partial charge in [-0.2, -0.15) is 15.4 Å². The Labute approximate surface area is 104 Å². The largest absolute Gasteiger partial charge is 0.467 e. The number of aromatic nitrogens is 3. The van der Waals surface area contributed by atoms with Gasteiger partial charge in [0.25, 0.3) is 0 Å². The van der Waals surface area contributed by atoms with E-state index in [1.807, 2.05) is 36.4 Å². The third-order valence-corrected chi connectivity index (χ3v) is 2.62. The Morgan fingerprint density at radius 2 is 2.22 bits per heavy atom. The number of hydrogen-bond acceptors (Lipinski definition) is 4. The van der Waals surface area contributed by atoms with E-state index in [4.69, 9.17) is 4.42 Å². The van der Waals surface area contributed by atoms with E-state index in [2.05, 4.69) is 20.7 Å². The van der Waals surface area contributed by atoms with Gasteiger partial charge in [-0.05, 0) is 24.3 Å². The van der Waals surface area contributed by atoms with Crippen molar-refractivity contribution in [1.82, 2.24) is 15.4 Å². The molecule has 0 aliphatic rings. The molecule has 0 saturated carbocycles. The molecule has 2 aromatic heterocycles. The molecule has 0 spiro atoms. The summed E-state index contributed by atoms with van der Waals surface area (Å²) in [7, 11) is 0. The van der Waals surface area contributed by atoms with Gasteiger partial charge in [-0.3, -0.25) is 0 Å². The molecule has 0 atom stereocenters. The Morgan fingerprint density at radius 3 is 3.00 bits per heavy atom. The predicted molar refractivity (Wildman–Crippen MR) is 67.9 cm³/mol. The van der Waals surface area contributed by atoms with Crippen LogP contribution >= 0.6 is 0 Å². The Morgan fingerprint density at radius 1 is 1.22 bits per heavy atom. The summed E-state index contributed by atoms with van der Waals surface area (Å²) in [5, 5.41) is 13.8. The first-order chi connectivity index (χ1) is 8.92. The molecule has 3 aromatic rings. The van der Waals surface area contributed by atoms with E-state index in [0.29, 0.717) is 6.54 Å². The van der Waals surface area contributed by atoms with E-state index in [9.17, 15) is 0 Å². The van der Waals surface area contributed by atoms with E-state index in [0.717, 1.165) is 22.7 Å². The highest BCUT2D eigenvalue weighted by atomic mass is 16.3. The van der Waals surface area contributed by atoms with Crippen molar-refractivity contribution in [2.75, 3.05) is 5.32 Å². The summed E-state index contributed by atoms with van der Waals surface area (Å²) in [6, 6.07) is 11.8. The maximum Gasteiger partial charge on any atom is 0.122 e. The molecule has 5 heteroatoms. The van der Waals surface area contributed by atoms with Crippen LogP contribution in [0.5, 0.6) is 0 Å². The van der Waals surface area contributed by atoms with Gasteiger partial charge in [0.2, 0.25) is 0 Å². The molecule has 2 heterocycles. The Balaban J connectivity index is 1.75.